The third-order valence-electron chi connectivity index (χ3n) is 2.74. The van der Waals surface area contributed by atoms with Crippen LogP contribution in [-0.2, 0) is 4.79 Å². The molecule has 0 aliphatic heterocycles. The Balaban J connectivity index is 2.61. The minimum Gasteiger partial charge on any atom is -0.493 e. The molecule has 0 heterocycles. The molecule has 0 saturated heterocycles. The number of hydrogen-bond donors (Lipinski definition) is 2. The number of hydrogen-bond acceptors (Lipinski definition) is 5. The fraction of sp³-hybridized carbons (Fsp3) is 0.500. The molecule has 6 heteroatoms. The molecule has 1 aromatic rings. The van der Waals surface area contributed by atoms with Gasteiger partial charge in [-0.15, -0.1) is 11.8 Å². The standard InChI is InChI=1S/C14H22N2O3S/c1-10(20-8-4-7-15)14(17)16-11-5-6-12(18-2)13(9-11)19-3/h5-6,9-10H,4,7-8,15H2,1-3H3,(H,16,17). The normalized spacial score (nSPS) is 11.8. The molecule has 0 spiro atoms. The molecule has 0 radical (unpaired) electrons. The molecule has 0 aliphatic carbocycles. The summed E-state index contributed by atoms with van der Waals surface area (Å²) in [6.07, 6.45) is 0.915. The average molecular weight is 298 g/mol. The van der Waals surface area contributed by atoms with E-state index in [0.717, 1.165) is 12.2 Å². The van der Waals surface area contributed by atoms with Crippen molar-refractivity contribution in [3.05, 3.63) is 18.2 Å². The molecule has 1 amide bonds. The number of carbonyl (C=O) groups excluding carboxylic acids is 1. The summed E-state index contributed by atoms with van der Waals surface area (Å²) in [5, 5.41) is 2.75. The zero-order valence-corrected chi connectivity index (χ0v) is 13.0. The topological polar surface area (TPSA) is 73.6 Å². The van der Waals surface area contributed by atoms with Gasteiger partial charge in [-0.1, -0.05) is 0 Å². The lowest BCUT2D eigenvalue weighted by Gasteiger charge is -2.13. The molecule has 0 saturated carbocycles. The number of nitrogens with one attached hydrogen (secondary N) is 1. The van der Waals surface area contributed by atoms with Gasteiger partial charge in [-0.3, -0.25) is 4.79 Å². The van der Waals surface area contributed by atoms with Gasteiger partial charge in [-0.25, -0.2) is 0 Å². The Morgan fingerprint density at radius 3 is 2.65 bits per heavy atom. The van der Waals surface area contributed by atoms with Gasteiger partial charge in [0.2, 0.25) is 5.91 Å². The number of amides is 1. The monoisotopic (exact) mass is 298 g/mol. The van der Waals surface area contributed by atoms with Gasteiger partial charge in [0.15, 0.2) is 11.5 Å². The maximum atomic E-state index is 12.0. The van der Waals surface area contributed by atoms with Crippen LogP contribution in [0.2, 0.25) is 0 Å². The highest BCUT2D eigenvalue weighted by Gasteiger charge is 2.14. The van der Waals surface area contributed by atoms with Crippen molar-refractivity contribution in [3.63, 3.8) is 0 Å². The number of rotatable bonds is 8. The van der Waals surface area contributed by atoms with Gasteiger partial charge in [0.05, 0.1) is 19.5 Å². The summed E-state index contributed by atoms with van der Waals surface area (Å²) in [5.74, 6) is 2.08. The fourth-order valence-electron chi connectivity index (χ4n) is 1.58. The highest BCUT2D eigenvalue weighted by atomic mass is 32.2. The van der Waals surface area contributed by atoms with Gasteiger partial charge >= 0.3 is 0 Å². The van der Waals surface area contributed by atoms with Crippen molar-refractivity contribution < 1.29 is 14.3 Å². The highest BCUT2D eigenvalue weighted by Crippen LogP contribution is 2.30. The van der Waals surface area contributed by atoms with Crippen LogP contribution in [0.15, 0.2) is 18.2 Å². The summed E-state index contributed by atoms with van der Waals surface area (Å²) < 4.78 is 10.4. The number of anilines is 1. The van der Waals surface area contributed by atoms with Crippen LogP contribution in [-0.4, -0.2) is 37.7 Å². The molecule has 0 bridgehead atoms. The Labute approximate surface area is 124 Å². The molecule has 3 N–H and O–H groups in total. The van der Waals surface area contributed by atoms with Crippen molar-refractivity contribution in [2.75, 3.05) is 31.8 Å². The molecule has 0 aromatic heterocycles. The Kier molecular flexibility index (Phi) is 7.25. The molecule has 1 rings (SSSR count). The van der Waals surface area contributed by atoms with Crippen molar-refractivity contribution in [3.8, 4) is 11.5 Å². The van der Waals surface area contributed by atoms with E-state index in [1.54, 1.807) is 44.2 Å². The molecule has 1 unspecified atom stereocenters. The lowest BCUT2D eigenvalue weighted by Crippen LogP contribution is -2.23. The molecule has 0 fully saturated rings. The van der Waals surface area contributed by atoms with E-state index < -0.39 is 0 Å². The average Bonchev–Trinajstić information content (AvgIpc) is 2.47. The molecule has 20 heavy (non-hydrogen) atoms. The number of nitrogens with two attached hydrogens (primary N) is 1. The van der Waals surface area contributed by atoms with Crippen molar-refractivity contribution in [2.45, 2.75) is 18.6 Å². The second-order valence-corrected chi connectivity index (χ2v) is 5.66. The van der Waals surface area contributed by atoms with E-state index in [1.807, 2.05) is 6.92 Å². The molecular weight excluding hydrogens is 276 g/mol. The Hall–Kier alpha value is -1.40. The quantitative estimate of drug-likeness (QED) is 0.719. The van der Waals surface area contributed by atoms with Crippen LogP contribution >= 0.6 is 11.8 Å². The second-order valence-electron chi connectivity index (χ2n) is 4.21. The highest BCUT2D eigenvalue weighted by molar-refractivity contribution is 8.00. The number of carbonyl (C=O) groups is 1. The lowest BCUT2D eigenvalue weighted by molar-refractivity contribution is -0.115. The van der Waals surface area contributed by atoms with Gasteiger partial charge in [0.1, 0.15) is 0 Å². The second kappa shape index (κ2) is 8.71. The van der Waals surface area contributed by atoms with Gasteiger partial charge in [0, 0.05) is 11.8 Å². The lowest BCUT2D eigenvalue weighted by atomic mass is 10.2. The molecule has 5 nitrogen and oxygen atoms in total. The van der Waals surface area contributed by atoms with Crippen LogP contribution in [0, 0.1) is 0 Å². The zero-order valence-electron chi connectivity index (χ0n) is 12.1. The first-order valence-corrected chi connectivity index (χ1v) is 7.51. The predicted molar refractivity (Wildman–Crippen MR) is 83.8 cm³/mol. The van der Waals surface area contributed by atoms with Crippen molar-refractivity contribution >= 4 is 23.4 Å². The SMILES string of the molecule is COc1ccc(NC(=O)C(C)SCCCN)cc1OC. The van der Waals surface area contributed by atoms with Gasteiger partial charge in [-0.05, 0) is 37.8 Å². The minimum atomic E-state index is -0.116. The maximum Gasteiger partial charge on any atom is 0.237 e. The molecule has 1 atom stereocenters. The molecular formula is C14H22N2O3S. The largest absolute Gasteiger partial charge is 0.493 e. The fourth-order valence-corrected chi connectivity index (χ4v) is 2.47. The van der Waals surface area contributed by atoms with E-state index in [4.69, 9.17) is 15.2 Å². The summed E-state index contributed by atoms with van der Waals surface area (Å²) in [6, 6.07) is 5.30. The Morgan fingerprint density at radius 1 is 1.35 bits per heavy atom. The van der Waals surface area contributed by atoms with E-state index in [-0.39, 0.29) is 11.2 Å². The maximum absolute atomic E-state index is 12.0. The van der Waals surface area contributed by atoms with Crippen LogP contribution in [0.4, 0.5) is 5.69 Å². The zero-order chi connectivity index (χ0) is 15.0. The van der Waals surface area contributed by atoms with Crippen LogP contribution in [0.1, 0.15) is 13.3 Å². The summed E-state index contributed by atoms with van der Waals surface area (Å²) in [4.78, 5) is 12.0. The Morgan fingerprint density at radius 2 is 2.05 bits per heavy atom. The van der Waals surface area contributed by atoms with Gasteiger partial charge in [0.25, 0.3) is 0 Å². The van der Waals surface area contributed by atoms with E-state index in [0.29, 0.717) is 23.7 Å². The van der Waals surface area contributed by atoms with E-state index in [1.165, 1.54) is 0 Å². The van der Waals surface area contributed by atoms with E-state index >= 15 is 0 Å². The van der Waals surface area contributed by atoms with Crippen LogP contribution in [0.5, 0.6) is 11.5 Å². The smallest absolute Gasteiger partial charge is 0.237 e. The number of benzene rings is 1. The third-order valence-corrected chi connectivity index (χ3v) is 3.98. The minimum absolute atomic E-state index is 0.0285. The summed E-state index contributed by atoms with van der Waals surface area (Å²) in [7, 11) is 3.14. The predicted octanol–water partition coefficient (Wildman–Crippen LogP) is 2.11. The molecule has 112 valence electrons. The van der Waals surface area contributed by atoms with Crippen molar-refractivity contribution in [2.24, 2.45) is 5.73 Å². The van der Waals surface area contributed by atoms with Crippen LogP contribution in [0.3, 0.4) is 0 Å². The van der Waals surface area contributed by atoms with Crippen LogP contribution in [0.25, 0.3) is 0 Å². The van der Waals surface area contributed by atoms with Crippen LogP contribution < -0.4 is 20.5 Å². The number of thioether (sulfide) groups is 1. The summed E-state index contributed by atoms with van der Waals surface area (Å²) >= 11 is 1.60. The van der Waals surface area contributed by atoms with Gasteiger partial charge < -0.3 is 20.5 Å². The first-order valence-electron chi connectivity index (χ1n) is 6.47. The number of ether oxygens (including phenoxy) is 2. The number of methoxy groups -OCH3 is 2. The van der Waals surface area contributed by atoms with Crippen molar-refractivity contribution in [1.82, 2.24) is 0 Å². The summed E-state index contributed by atoms with van der Waals surface area (Å²) in [5.41, 5.74) is 6.13. The summed E-state index contributed by atoms with van der Waals surface area (Å²) in [6.45, 7) is 2.54. The Bertz CT molecular complexity index is 440. The molecule has 1 aromatic carbocycles. The van der Waals surface area contributed by atoms with Gasteiger partial charge in [-0.2, -0.15) is 0 Å². The third kappa shape index (κ3) is 4.94. The first kappa shape index (κ1) is 16.7. The van der Waals surface area contributed by atoms with E-state index in [2.05, 4.69) is 5.32 Å². The first-order chi connectivity index (χ1) is 9.62. The molecule has 0 aliphatic rings. The van der Waals surface area contributed by atoms with E-state index in [9.17, 15) is 4.79 Å². The van der Waals surface area contributed by atoms with Crippen molar-refractivity contribution in [1.29, 1.82) is 0 Å².